The van der Waals surface area contributed by atoms with Crippen molar-refractivity contribution in [3.63, 3.8) is 0 Å². The lowest BCUT2D eigenvalue weighted by molar-refractivity contribution is -0.147. The number of ether oxygens (including phenoxy) is 1. The number of hydrogen-bond donors (Lipinski definition) is 0. The maximum Gasteiger partial charge on any atom is 0.317 e. The molecule has 0 aliphatic carbocycles. The summed E-state index contributed by atoms with van der Waals surface area (Å²) in [5.41, 5.74) is 1.13. The molecule has 0 saturated heterocycles. The Morgan fingerprint density at radius 1 is 1.33 bits per heavy atom. The maximum atomic E-state index is 13.5. The lowest BCUT2D eigenvalue weighted by Crippen LogP contribution is -2.29. The Labute approximate surface area is 85.9 Å². The molecule has 0 saturated carbocycles. The molecular formula is C11H10F2O2. The van der Waals surface area contributed by atoms with E-state index in [-0.39, 0.29) is 11.3 Å². The van der Waals surface area contributed by atoms with E-state index in [0.717, 1.165) is 5.56 Å². The number of alkyl halides is 2. The van der Waals surface area contributed by atoms with Gasteiger partial charge in [0, 0.05) is 0 Å². The average molecular weight is 212 g/mol. The number of hydrogen-bond acceptors (Lipinski definition) is 2. The van der Waals surface area contributed by atoms with Crippen LogP contribution in [-0.2, 0) is 10.7 Å². The highest BCUT2D eigenvalue weighted by atomic mass is 19.3. The summed E-state index contributed by atoms with van der Waals surface area (Å²) in [5, 5.41) is 0. The van der Waals surface area contributed by atoms with Crippen molar-refractivity contribution in [3.8, 4) is 5.75 Å². The third kappa shape index (κ3) is 1.60. The highest BCUT2D eigenvalue weighted by Crippen LogP contribution is 2.43. The minimum Gasteiger partial charge on any atom is -0.426 e. The maximum absolute atomic E-state index is 13.5. The number of halogens is 2. The van der Waals surface area contributed by atoms with Crippen molar-refractivity contribution in [1.82, 2.24) is 0 Å². The molecule has 0 spiro atoms. The molecule has 0 fully saturated rings. The summed E-state index contributed by atoms with van der Waals surface area (Å²) >= 11 is 0. The molecule has 0 radical (unpaired) electrons. The number of carbonyl (C=O) groups is 1. The highest BCUT2D eigenvalue weighted by Gasteiger charge is 2.43. The normalized spacial score (nSPS) is 18.3. The lowest BCUT2D eigenvalue weighted by atomic mass is 9.97. The number of benzene rings is 1. The third-order valence-corrected chi connectivity index (χ3v) is 2.40. The van der Waals surface area contributed by atoms with Crippen LogP contribution in [0.3, 0.4) is 0 Å². The summed E-state index contributed by atoms with van der Waals surface area (Å²) in [7, 11) is 0. The smallest absolute Gasteiger partial charge is 0.317 e. The van der Waals surface area contributed by atoms with E-state index < -0.39 is 18.3 Å². The first kappa shape index (κ1) is 10.1. The van der Waals surface area contributed by atoms with Gasteiger partial charge in [-0.15, -0.1) is 0 Å². The van der Waals surface area contributed by atoms with Gasteiger partial charge < -0.3 is 4.74 Å². The van der Waals surface area contributed by atoms with E-state index >= 15 is 0 Å². The van der Waals surface area contributed by atoms with Crippen molar-refractivity contribution in [2.24, 2.45) is 0 Å². The molecule has 0 bridgehead atoms. The number of rotatable bonds is 0. The van der Waals surface area contributed by atoms with Crippen LogP contribution in [0.5, 0.6) is 5.75 Å². The molecule has 0 amide bonds. The molecule has 0 unspecified atom stereocenters. The molecule has 0 aromatic heterocycles. The van der Waals surface area contributed by atoms with Gasteiger partial charge in [-0.3, -0.25) is 4.79 Å². The van der Waals surface area contributed by atoms with Crippen LogP contribution in [0.25, 0.3) is 0 Å². The molecule has 1 aliphatic heterocycles. The fourth-order valence-corrected chi connectivity index (χ4v) is 1.79. The van der Waals surface area contributed by atoms with Crippen molar-refractivity contribution in [3.05, 3.63) is 28.8 Å². The molecule has 2 rings (SSSR count). The minimum atomic E-state index is -3.11. The standard InChI is InChI=1S/C11H10F2O2/c1-6-3-7(2)10-8(4-6)11(12,13)5-9(14)15-10/h3-4H,5H2,1-2H3. The van der Waals surface area contributed by atoms with E-state index in [0.29, 0.717) is 5.56 Å². The Bertz CT molecular complexity index is 438. The van der Waals surface area contributed by atoms with Crippen molar-refractivity contribution < 1.29 is 18.3 Å². The van der Waals surface area contributed by atoms with Crippen LogP contribution in [0.4, 0.5) is 8.78 Å². The van der Waals surface area contributed by atoms with Gasteiger partial charge in [-0.2, -0.15) is 0 Å². The predicted molar refractivity (Wildman–Crippen MR) is 50.1 cm³/mol. The molecule has 1 aliphatic rings. The van der Waals surface area contributed by atoms with Gasteiger partial charge in [0.2, 0.25) is 0 Å². The molecular weight excluding hydrogens is 202 g/mol. The van der Waals surface area contributed by atoms with Crippen LogP contribution in [0.15, 0.2) is 12.1 Å². The van der Waals surface area contributed by atoms with E-state index in [1.165, 1.54) is 6.07 Å². The minimum absolute atomic E-state index is 0.0156. The van der Waals surface area contributed by atoms with Gasteiger partial charge in [0.25, 0.3) is 5.92 Å². The van der Waals surface area contributed by atoms with Crippen LogP contribution in [-0.4, -0.2) is 5.97 Å². The fourth-order valence-electron chi connectivity index (χ4n) is 1.79. The second-order valence-corrected chi connectivity index (χ2v) is 3.81. The summed E-state index contributed by atoms with van der Waals surface area (Å²) in [5.74, 6) is -3.97. The highest BCUT2D eigenvalue weighted by molar-refractivity contribution is 5.77. The van der Waals surface area contributed by atoms with Crippen LogP contribution < -0.4 is 4.74 Å². The molecule has 0 N–H and O–H groups in total. The average Bonchev–Trinajstić information content (AvgIpc) is 2.06. The van der Waals surface area contributed by atoms with Gasteiger partial charge in [0.05, 0.1) is 5.56 Å². The largest absolute Gasteiger partial charge is 0.426 e. The Kier molecular flexibility index (Phi) is 2.03. The Morgan fingerprint density at radius 3 is 2.67 bits per heavy atom. The van der Waals surface area contributed by atoms with Crippen LogP contribution >= 0.6 is 0 Å². The Hall–Kier alpha value is -1.45. The van der Waals surface area contributed by atoms with Gasteiger partial charge in [-0.05, 0) is 25.5 Å². The van der Waals surface area contributed by atoms with Crippen molar-refractivity contribution in [2.75, 3.05) is 0 Å². The fraction of sp³-hybridized carbons (Fsp3) is 0.364. The first-order valence-electron chi connectivity index (χ1n) is 4.60. The summed E-state index contributed by atoms with van der Waals surface area (Å²) in [6.07, 6.45) is -0.872. The first-order chi connectivity index (χ1) is 6.90. The second-order valence-electron chi connectivity index (χ2n) is 3.81. The first-order valence-corrected chi connectivity index (χ1v) is 4.60. The summed E-state index contributed by atoms with van der Waals surface area (Å²) in [4.78, 5) is 11.0. The zero-order valence-electron chi connectivity index (χ0n) is 8.43. The van der Waals surface area contributed by atoms with E-state index in [1.807, 2.05) is 0 Å². The van der Waals surface area contributed by atoms with E-state index in [4.69, 9.17) is 4.74 Å². The van der Waals surface area contributed by atoms with Gasteiger partial charge >= 0.3 is 5.97 Å². The van der Waals surface area contributed by atoms with Gasteiger partial charge in [-0.25, -0.2) is 8.78 Å². The second kappa shape index (κ2) is 3.02. The van der Waals surface area contributed by atoms with Crippen LogP contribution in [0.2, 0.25) is 0 Å². The molecule has 2 nitrogen and oxygen atoms in total. The van der Waals surface area contributed by atoms with E-state index in [9.17, 15) is 13.6 Å². The van der Waals surface area contributed by atoms with Gasteiger partial charge in [0.1, 0.15) is 12.2 Å². The molecule has 15 heavy (non-hydrogen) atoms. The SMILES string of the molecule is Cc1cc(C)c2c(c1)C(F)(F)CC(=O)O2. The summed E-state index contributed by atoms with van der Waals surface area (Å²) in [6, 6.07) is 3.09. The van der Waals surface area contributed by atoms with Crippen molar-refractivity contribution >= 4 is 5.97 Å². The monoisotopic (exact) mass is 212 g/mol. The number of esters is 1. The van der Waals surface area contributed by atoms with Gasteiger partial charge in [-0.1, -0.05) is 11.6 Å². The molecule has 1 aromatic rings. The predicted octanol–water partition coefficient (Wildman–Crippen LogP) is 2.70. The van der Waals surface area contributed by atoms with Gasteiger partial charge in [0.15, 0.2) is 0 Å². The summed E-state index contributed by atoms with van der Waals surface area (Å²) < 4.78 is 31.8. The number of aryl methyl sites for hydroxylation is 2. The third-order valence-electron chi connectivity index (χ3n) is 2.40. The Balaban J connectivity index is 2.67. The van der Waals surface area contributed by atoms with Crippen molar-refractivity contribution in [1.29, 1.82) is 0 Å². The molecule has 0 atom stereocenters. The Morgan fingerprint density at radius 2 is 2.00 bits per heavy atom. The van der Waals surface area contributed by atoms with E-state index in [2.05, 4.69) is 0 Å². The zero-order chi connectivity index (χ0) is 11.2. The molecule has 4 heteroatoms. The van der Waals surface area contributed by atoms with Crippen LogP contribution in [0.1, 0.15) is 23.1 Å². The zero-order valence-corrected chi connectivity index (χ0v) is 8.43. The molecule has 1 heterocycles. The number of fused-ring (bicyclic) bond motifs is 1. The molecule has 80 valence electrons. The van der Waals surface area contributed by atoms with E-state index in [1.54, 1.807) is 19.9 Å². The number of carbonyl (C=O) groups excluding carboxylic acids is 1. The topological polar surface area (TPSA) is 26.3 Å². The quantitative estimate of drug-likeness (QED) is 0.488. The lowest BCUT2D eigenvalue weighted by Gasteiger charge is -2.25. The van der Waals surface area contributed by atoms with Crippen molar-refractivity contribution in [2.45, 2.75) is 26.2 Å². The van der Waals surface area contributed by atoms with Crippen LogP contribution in [0, 0.1) is 13.8 Å². The molecule has 1 aromatic carbocycles. The summed E-state index contributed by atoms with van der Waals surface area (Å²) in [6.45, 7) is 3.39.